The maximum absolute atomic E-state index is 13.1. The second-order valence-corrected chi connectivity index (χ2v) is 7.53. The van der Waals surface area contributed by atoms with Crippen molar-refractivity contribution >= 4 is 12.1 Å². The summed E-state index contributed by atoms with van der Waals surface area (Å²) in [6.07, 6.45) is -5.52. The van der Waals surface area contributed by atoms with Crippen molar-refractivity contribution in [3.63, 3.8) is 0 Å². The molecule has 1 aromatic carbocycles. The molecule has 162 valence electrons. The van der Waals surface area contributed by atoms with Crippen LogP contribution in [-0.2, 0) is 22.3 Å². The average molecular weight is 418 g/mol. The maximum Gasteiger partial charge on any atom is 0.416 e. The third-order valence-electron chi connectivity index (χ3n) is 4.76. The molecule has 1 saturated heterocycles. The Morgan fingerprint density at radius 2 is 1.76 bits per heavy atom. The van der Waals surface area contributed by atoms with Gasteiger partial charge in [0.1, 0.15) is 12.4 Å². The van der Waals surface area contributed by atoms with E-state index >= 15 is 0 Å². The van der Waals surface area contributed by atoms with E-state index in [2.05, 4.69) is 0 Å². The zero-order valence-electron chi connectivity index (χ0n) is 16.6. The van der Waals surface area contributed by atoms with Gasteiger partial charge in [-0.3, -0.25) is 9.69 Å². The Morgan fingerprint density at radius 3 is 2.28 bits per heavy atom. The summed E-state index contributed by atoms with van der Waals surface area (Å²) in [7, 11) is 1.23. The van der Waals surface area contributed by atoms with Gasteiger partial charge in [-0.15, -0.1) is 0 Å². The third-order valence-corrected chi connectivity index (χ3v) is 4.76. The number of amides is 1. The molecular weight excluding hydrogens is 393 g/mol. The molecule has 1 fully saturated rings. The van der Waals surface area contributed by atoms with E-state index < -0.39 is 29.2 Å². The molecule has 0 atom stereocenters. The molecule has 1 aliphatic heterocycles. The van der Waals surface area contributed by atoms with Gasteiger partial charge in [0, 0.05) is 38.3 Å². The van der Waals surface area contributed by atoms with E-state index in [1.165, 1.54) is 18.1 Å². The predicted octanol–water partition coefficient (Wildman–Crippen LogP) is 3.08. The zero-order valence-corrected chi connectivity index (χ0v) is 16.6. The largest absolute Gasteiger partial charge is 0.492 e. The van der Waals surface area contributed by atoms with Gasteiger partial charge in [0.05, 0.1) is 18.1 Å². The molecule has 0 bridgehead atoms. The lowest BCUT2D eigenvalue weighted by atomic mass is 9.95. The van der Waals surface area contributed by atoms with Gasteiger partial charge in [0.15, 0.2) is 0 Å². The lowest BCUT2D eigenvalue weighted by molar-refractivity contribution is -0.152. The minimum absolute atomic E-state index is 0.0393. The third kappa shape index (κ3) is 5.99. The van der Waals surface area contributed by atoms with E-state index in [1.54, 1.807) is 13.8 Å². The van der Waals surface area contributed by atoms with Crippen molar-refractivity contribution in [1.82, 2.24) is 9.80 Å². The number of hydrogen-bond acceptors (Lipinski definition) is 5. The Labute approximate surface area is 167 Å². The summed E-state index contributed by atoms with van der Waals surface area (Å²) in [4.78, 5) is 26.1. The van der Waals surface area contributed by atoms with Crippen molar-refractivity contribution < 1.29 is 37.3 Å². The van der Waals surface area contributed by atoms with Crippen LogP contribution in [0.3, 0.4) is 0 Å². The van der Waals surface area contributed by atoms with Gasteiger partial charge in [-0.05, 0) is 26.0 Å². The van der Waals surface area contributed by atoms with Gasteiger partial charge in [-0.25, -0.2) is 4.79 Å². The second-order valence-electron chi connectivity index (χ2n) is 7.53. The van der Waals surface area contributed by atoms with E-state index in [-0.39, 0.29) is 12.4 Å². The maximum atomic E-state index is 13.1. The van der Waals surface area contributed by atoms with Crippen molar-refractivity contribution in [2.24, 2.45) is 5.41 Å². The van der Waals surface area contributed by atoms with Crippen LogP contribution in [0, 0.1) is 5.41 Å². The van der Waals surface area contributed by atoms with Crippen LogP contribution in [0.4, 0.5) is 18.0 Å². The number of carbonyl (C=O) groups excluding carboxylic acids is 1. The van der Waals surface area contributed by atoms with Gasteiger partial charge in [-0.1, -0.05) is 6.07 Å². The summed E-state index contributed by atoms with van der Waals surface area (Å²) in [5.41, 5.74) is -1.35. The SMILES string of the molecule is COC(=O)C(C)(C)COc1cc(C(F)(F)F)ccc1CN1CCN(C(=O)O)CC1. The molecule has 2 rings (SSSR count). The lowest BCUT2D eigenvalue weighted by Gasteiger charge is -2.33. The number of halogens is 3. The highest BCUT2D eigenvalue weighted by molar-refractivity contribution is 5.75. The number of esters is 1. The summed E-state index contributed by atoms with van der Waals surface area (Å²) in [5, 5.41) is 9.02. The van der Waals surface area contributed by atoms with Crippen molar-refractivity contribution in [2.45, 2.75) is 26.6 Å². The highest BCUT2D eigenvalue weighted by Gasteiger charge is 2.33. The summed E-state index contributed by atoms with van der Waals surface area (Å²) >= 11 is 0. The monoisotopic (exact) mass is 418 g/mol. The molecule has 0 spiro atoms. The van der Waals surface area contributed by atoms with Gasteiger partial charge in [-0.2, -0.15) is 13.2 Å². The van der Waals surface area contributed by atoms with Crippen LogP contribution in [-0.4, -0.2) is 66.9 Å². The molecule has 0 aromatic heterocycles. The number of ether oxygens (including phenoxy) is 2. The van der Waals surface area contributed by atoms with Crippen LogP contribution in [0.15, 0.2) is 18.2 Å². The van der Waals surface area contributed by atoms with Crippen molar-refractivity contribution in [2.75, 3.05) is 39.9 Å². The summed E-state index contributed by atoms with van der Waals surface area (Å²) in [6.45, 7) is 4.87. The molecule has 1 amide bonds. The van der Waals surface area contributed by atoms with Gasteiger partial charge >= 0.3 is 18.2 Å². The van der Waals surface area contributed by atoms with Crippen LogP contribution >= 0.6 is 0 Å². The lowest BCUT2D eigenvalue weighted by Crippen LogP contribution is -2.47. The van der Waals surface area contributed by atoms with Crippen LogP contribution in [0.25, 0.3) is 0 Å². The average Bonchev–Trinajstić information content (AvgIpc) is 2.66. The van der Waals surface area contributed by atoms with Crippen LogP contribution in [0.5, 0.6) is 5.75 Å². The van der Waals surface area contributed by atoms with Crippen molar-refractivity contribution in [3.8, 4) is 5.75 Å². The number of carbonyl (C=O) groups is 2. The number of piperazine rings is 1. The number of carboxylic acid groups (broad SMARTS) is 1. The molecular formula is C19H25F3N2O5. The molecule has 1 aromatic rings. The smallest absolute Gasteiger partial charge is 0.416 e. The van der Waals surface area contributed by atoms with E-state index in [9.17, 15) is 22.8 Å². The second kappa shape index (κ2) is 8.89. The zero-order chi connectivity index (χ0) is 21.8. The van der Waals surface area contributed by atoms with E-state index in [0.29, 0.717) is 38.3 Å². The van der Waals surface area contributed by atoms with Gasteiger partial charge in [0.2, 0.25) is 0 Å². The summed E-state index contributed by atoms with van der Waals surface area (Å²) < 4.78 is 49.7. The molecule has 0 radical (unpaired) electrons. The van der Waals surface area contributed by atoms with Crippen molar-refractivity contribution in [1.29, 1.82) is 0 Å². The number of methoxy groups -OCH3 is 1. The minimum atomic E-state index is -4.53. The Morgan fingerprint density at radius 1 is 1.14 bits per heavy atom. The number of alkyl halides is 3. The number of benzene rings is 1. The fourth-order valence-corrected chi connectivity index (χ4v) is 2.93. The standard InChI is InChI=1S/C19H25F3N2O5/c1-18(2,16(25)28-3)12-29-15-10-14(19(20,21)22)5-4-13(15)11-23-6-8-24(9-7-23)17(26)27/h4-5,10H,6-9,11-12H2,1-3H3,(H,26,27). The van der Waals surface area contributed by atoms with Crippen LogP contribution in [0.1, 0.15) is 25.0 Å². The normalized spacial score (nSPS) is 15.9. The molecule has 0 saturated carbocycles. The van der Waals surface area contributed by atoms with E-state index in [4.69, 9.17) is 14.6 Å². The molecule has 10 heteroatoms. The Hall–Kier alpha value is -2.49. The quantitative estimate of drug-likeness (QED) is 0.716. The topological polar surface area (TPSA) is 79.3 Å². The molecule has 1 aliphatic rings. The fraction of sp³-hybridized carbons (Fsp3) is 0.579. The molecule has 0 aliphatic carbocycles. The first-order chi connectivity index (χ1) is 13.4. The highest BCUT2D eigenvalue weighted by Crippen LogP contribution is 2.34. The first-order valence-corrected chi connectivity index (χ1v) is 9.05. The summed E-state index contributed by atoms with van der Waals surface area (Å²) in [5.74, 6) is -0.492. The fourth-order valence-electron chi connectivity index (χ4n) is 2.93. The Kier molecular flexibility index (Phi) is 6.99. The van der Waals surface area contributed by atoms with Crippen molar-refractivity contribution in [3.05, 3.63) is 29.3 Å². The number of rotatable bonds is 6. The van der Waals surface area contributed by atoms with Crippen LogP contribution < -0.4 is 4.74 Å². The molecule has 0 unspecified atom stereocenters. The molecule has 1 N–H and O–H groups in total. The van der Waals surface area contributed by atoms with Gasteiger partial charge in [0.25, 0.3) is 0 Å². The minimum Gasteiger partial charge on any atom is -0.492 e. The van der Waals surface area contributed by atoms with E-state index in [1.807, 2.05) is 4.90 Å². The highest BCUT2D eigenvalue weighted by atomic mass is 19.4. The predicted molar refractivity (Wildman–Crippen MR) is 97.6 cm³/mol. The van der Waals surface area contributed by atoms with E-state index in [0.717, 1.165) is 12.1 Å². The molecule has 1 heterocycles. The molecule has 7 nitrogen and oxygen atoms in total. The number of nitrogens with zero attached hydrogens (tertiary/aromatic N) is 2. The Bertz CT molecular complexity index is 744. The number of hydrogen-bond donors (Lipinski definition) is 1. The molecule has 29 heavy (non-hydrogen) atoms. The Balaban J connectivity index is 2.18. The first kappa shape index (κ1) is 22.8. The summed E-state index contributed by atoms with van der Waals surface area (Å²) in [6, 6.07) is 3.27. The first-order valence-electron chi connectivity index (χ1n) is 9.05. The van der Waals surface area contributed by atoms with Crippen LogP contribution in [0.2, 0.25) is 0 Å². The van der Waals surface area contributed by atoms with Gasteiger partial charge < -0.3 is 19.5 Å².